The Morgan fingerprint density at radius 2 is 2.08 bits per heavy atom. The highest BCUT2D eigenvalue weighted by Gasteiger charge is 2.05. The van der Waals surface area contributed by atoms with E-state index >= 15 is 0 Å². The molecule has 0 spiro atoms. The van der Waals surface area contributed by atoms with E-state index in [1.807, 2.05) is 0 Å². The van der Waals surface area contributed by atoms with Crippen LogP contribution in [-0.4, -0.2) is 19.5 Å². The van der Waals surface area contributed by atoms with Gasteiger partial charge in [0.1, 0.15) is 0 Å². The van der Waals surface area contributed by atoms with Crippen LogP contribution in [-0.2, 0) is 7.05 Å². The molecule has 13 heavy (non-hydrogen) atoms. The molecule has 0 aromatic carbocycles. The molecule has 0 aliphatic carbocycles. The van der Waals surface area contributed by atoms with Gasteiger partial charge in [-0.15, -0.1) is 0 Å². The van der Waals surface area contributed by atoms with Gasteiger partial charge in [0.05, 0.1) is 0 Å². The molecule has 0 atom stereocenters. The Balaban J connectivity index is 3.03. The first-order chi connectivity index (χ1) is 6.20. The van der Waals surface area contributed by atoms with Crippen molar-refractivity contribution in [3.8, 4) is 0 Å². The summed E-state index contributed by atoms with van der Waals surface area (Å²) in [5.74, 6) is 0.137. The zero-order chi connectivity index (χ0) is 9.42. The number of fused-ring (bicyclic) bond motifs is 1. The van der Waals surface area contributed by atoms with Gasteiger partial charge in [-0.3, -0.25) is 9.36 Å². The van der Waals surface area contributed by atoms with Crippen LogP contribution in [0.2, 0.25) is 0 Å². The van der Waals surface area contributed by atoms with Crippen molar-refractivity contribution in [2.75, 3.05) is 5.73 Å². The lowest BCUT2D eigenvalue weighted by Crippen LogP contribution is -2.22. The molecule has 0 amide bonds. The Morgan fingerprint density at radius 3 is 2.85 bits per heavy atom. The molecule has 0 aliphatic rings. The summed E-state index contributed by atoms with van der Waals surface area (Å²) >= 11 is 0. The van der Waals surface area contributed by atoms with Crippen LogP contribution in [0.5, 0.6) is 0 Å². The maximum absolute atomic E-state index is 11.5. The van der Waals surface area contributed by atoms with Gasteiger partial charge >= 0.3 is 0 Å². The predicted molar refractivity (Wildman–Crippen MR) is 47.0 cm³/mol. The Hall–Kier alpha value is -1.98. The van der Waals surface area contributed by atoms with Crippen LogP contribution in [0.4, 0.5) is 5.95 Å². The Bertz CT molecular complexity index is 518. The number of nitrogens with zero attached hydrogens (tertiary/aromatic N) is 4. The number of anilines is 1. The quantitative estimate of drug-likeness (QED) is 0.575. The highest BCUT2D eigenvalue weighted by molar-refractivity contribution is 5.68. The summed E-state index contributed by atoms with van der Waals surface area (Å²) in [4.78, 5) is 23.1. The van der Waals surface area contributed by atoms with Crippen LogP contribution in [0.3, 0.4) is 0 Å². The molecule has 2 aromatic heterocycles. The average Bonchev–Trinajstić information content (AvgIpc) is 2.15. The topological polar surface area (TPSA) is 86.7 Å². The van der Waals surface area contributed by atoms with Gasteiger partial charge in [-0.2, -0.15) is 4.98 Å². The van der Waals surface area contributed by atoms with Crippen molar-refractivity contribution in [2.24, 2.45) is 7.05 Å². The van der Waals surface area contributed by atoms with E-state index in [-0.39, 0.29) is 22.7 Å². The van der Waals surface area contributed by atoms with Crippen molar-refractivity contribution in [1.82, 2.24) is 19.5 Å². The third kappa shape index (κ3) is 1.03. The van der Waals surface area contributed by atoms with E-state index in [0.29, 0.717) is 0 Å². The van der Waals surface area contributed by atoms with E-state index in [2.05, 4.69) is 15.0 Å². The maximum Gasteiger partial charge on any atom is 0.282 e. The van der Waals surface area contributed by atoms with E-state index < -0.39 is 0 Å². The first-order valence-electron chi connectivity index (χ1n) is 3.63. The summed E-state index contributed by atoms with van der Waals surface area (Å²) in [6, 6.07) is 0. The summed E-state index contributed by atoms with van der Waals surface area (Å²) in [7, 11) is 1.54. The predicted octanol–water partition coefficient (Wildman–Crippen LogP) is -0.694. The Labute approximate surface area is 73.1 Å². The molecule has 66 valence electrons. The molecule has 0 radical (unpaired) electrons. The van der Waals surface area contributed by atoms with Crippen molar-refractivity contribution in [3.63, 3.8) is 0 Å². The molecular formula is C7H7N5O. The highest BCUT2D eigenvalue weighted by atomic mass is 16.1. The van der Waals surface area contributed by atoms with Crippen molar-refractivity contribution in [1.29, 1.82) is 0 Å². The van der Waals surface area contributed by atoms with Gasteiger partial charge in [0, 0.05) is 19.4 Å². The van der Waals surface area contributed by atoms with Gasteiger partial charge in [-0.25, -0.2) is 9.97 Å². The number of hydrogen-bond donors (Lipinski definition) is 1. The van der Waals surface area contributed by atoms with Crippen LogP contribution < -0.4 is 11.3 Å². The van der Waals surface area contributed by atoms with E-state index in [4.69, 9.17) is 5.73 Å². The van der Waals surface area contributed by atoms with Gasteiger partial charge in [0.25, 0.3) is 5.56 Å². The summed E-state index contributed by atoms with van der Waals surface area (Å²) in [6.07, 6.45) is 2.91. The minimum Gasteiger partial charge on any atom is -0.369 e. The van der Waals surface area contributed by atoms with Crippen LogP contribution in [0.25, 0.3) is 11.2 Å². The smallest absolute Gasteiger partial charge is 0.282 e. The molecule has 0 unspecified atom stereocenters. The van der Waals surface area contributed by atoms with Crippen LogP contribution in [0.15, 0.2) is 17.2 Å². The number of hydrogen-bond acceptors (Lipinski definition) is 5. The van der Waals surface area contributed by atoms with Crippen molar-refractivity contribution in [3.05, 3.63) is 22.7 Å². The van der Waals surface area contributed by atoms with Gasteiger partial charge in [0.2, 0.25) is 5.95 Å². The SMILES string of the molecule is Cn1c(N)nc2nccnc2c1=O. The lowest BCUT2D eigenvalue weighted by molar-refractivity contribution is 0.853. The highest BCUT2D eigenvalue weighted by Crippen LogP contribution is 2.00. The third-order valence-electron chi connectivity index (χ3n) is 1.75. The summed E-state index contributed by atoms with van der Waals surface area (Å²) in [5.41, 5.74) is 5.70. The van der Waals surface area contributed by atoms with Gasteiger partial charge in [0.15, 0.2) is 11.2 Å². The molecule has 2 N–H and O–H groups in total. The number of nitrogen functional groups attached to an aromatic ring is 1. The molecule has 0 aliphatic heterocycles. The number of aromatic nitrogens is 4. The molecule has 0 saturated heterocycles. The lowest BCUT2D eigenvalue weighted by Gasteiger charge is -2.01. The maximum atomic E-state index is 11.5. The number of rotatable bonds is 0. The number of nitrogens with two attached hydrogens (primary N) is 1. The van der Waals surface area contributed by atoms with E-state index in [9.17, 15) is 4.79 Å². The fraction of sp³-hybridized carbons (Fsp3) is 0.143. The molecule has 0 saturated carbocycles. The average molecular weight is 177 g/mol. The largest absolute Gasteiger partial charge is 0.369 e. The van der Waals surface area contributed by atoms with Gasteiger partial charge in [-0.1, -0.05) is 0 Å². The monoisotopic (exact) mass is 177 g/mol. The lowest BCUT2D eigenvalue weighted by atomic mass is 10.5. The standard InChI is InChI=1S/C7H7N5O/c1-12-6(13)4-5(11-7(12)8)10-3-2-9-4/h2-3H,1H3,(H2,8,10,11). The van der Waals surface area contributed by atoms with Crippen LogP contribution in [0.1, 0.15) is 0 Å². The van der Waals surface area contributed by atoms with E-state index in [1.165, 1.54) is 17.0 Å². The van der Waals surface area contributed by atoms with Crippen molar-refractivity contribution in [2.45, 2.75) is 0 Å². The first-order valence-corrected chi connectivity index (χ1v) is 3.63. The zero-order valence-electron chi connectivity index (χ0n) is 6.93. The van der Waals surface area contributed by atoms with Crippen molar-refractivity contribution >= 4 is 17.1 Å². The molecule has 6 heteroatoms. The second kappa shape index (κ2) is 2.51. The van der Waals surface area contributed by atoms with Crippen molar-refractivity contribution < 1.29 is 0 Å². The first kappa shape index (κ1) is 7.66. The van der Waals surface area contributed by atoms with E-state index in [0.717, 1.165) is 0 Å². The molecule has 2 rings (SSSR count). The molecule has 0 fully saturated rings. The summed E-state index contributed by atoms with van der Waals surface area (Å²) in [5, 5.41) is 0. The Kier molecular flexibility index (Phi) is 1.48. The fourth-order valence-electron chi connectivity index (χ4n) is 1.01. The normalized spacial score (nSPS) is 10.5. The molecule has 6 nitrogen and oxygen atoms in total. The molecule has 2 aromatic rings. The summed E-state index contributed by atoms with van der Waals surface area (Å²) < 4.78 is 1.23. The minimum atomic E-state index is -0.282. The Morgan fingerprint density at radius 1 is 1.38 bits per heavy atom. The fourth-order valence-corrected chi connectivity index (χ4v) is 1.01. The zero-order valence-corrected chi connectivity index (χ0v) is 6.93. The van der Waals surface area contributed by atoms with Crippen LogP contribution in [0, 0.1) is 0 Å². The minimum absolute atomic E-state index is 0.137. The van der Waals surface area contributed by atoms with E-state index in [1.54, 1.807) is 7.05 Å². The van der Waals surface area contributed by atoms with Gasteiger partial charge in [-0.05, 0) is 0 Å². The summed E-state index contributed by atoms with van der Waals surface area (Å²) in [6.45, 7) is 0. The second-order valence-corrected chi connectivity index (χ2v) is 2.56. The third-order valence-corrected chi connectivity index (χ3v) is 1.75. The second-order valence-electron chi connectivity index (χ2n) is 2.56. The molecular weight excluding hydrogens is 170 g/mol. The molecule has 2 heterocycles. The van der Waals surface area contributed by atoms with Gasteiger partial charge < -0.3 is 5.73 Å². The molecule has 0 bridgehead atoms. The van der Waals surface area contributed by atoms with Crippen LogP contribution >= 0.6 is 0 Å².